The van der Waals surface area contributed by atoms with Crippen LogP contribution in [-0.4, -0.2) is 11.0 Å². The molecule has 0 saturated heterocycles. The van der Waals surface area contributed by atoms with Crippen molar-refractivity contribution in [2.24, 2.45) is 5.73 Å². The van der Waals surface area contributed by atoms with Gasteiger partial charge in [-0.05, 0) is 55.7 Å². The van der Waals surface area contributed by atoms with Crippen molar-refractivity contribution in [3.05, 3.63) is 65.5 Å². The van der Waals surface area contributed by atoms with Crippen LogP contribution in [0.4, 0.5) is 0 Å². The van der Waals surface area contributed by atoms with Crippen molar-refractivity contribution in [1.29, 1.82) is 0 Å². The van der Waals surface area contributed by atoms with Gasteiger partial charge in [-0.25, -0.2) is 0 Å². The van der Waals surface area contributed by atoms with Crippen LogP contribution in [-0.2, 0) is 12.8 Å². The molecule has 0 amide bonds. The van der Waals surface area contributed by atoms with Crippen LogP contribution in [0.2, 0.25) is 0 Å². The number of aromatic nitrogens is 1. The maximum absolute atomic E-state index is 6.20. The Morgan fingerprint density at radius 2 is 1.80 bits per heavy atom. The van der Waals surface area contributed by atoms with Crippen molar-refractivity contribution >= 4 is 0 Å². The molecule has 2 nitrogen and oxygen atoms in total. The number of aryl methyl sites for hydroxylation is 3. The summed E-state index contributed by atoms with van der Waals surface area (Å²) in [6.45, 7) is 2.08. The van der Waals surface area contributed by atoms with Crippen molar-refractivity contribution in [1.82, 2.24) is 4.98 Å². The molecule has 2 heteroatoms. The third-order valence-corrected chi connectivity index (χ3v) is 3.62. The molecule has 0 aliphatic heterocycles. The van der Waals surface area contributed by atoms with Crippen molar-refractivity contribution in [3.63, 3.8) is 0 Å². The summed E-state index contributed by atoms with van der Waals surface area (Å²) in [5.74, 6) is 0. The summed E-state index contributed by atoms with van der Waals surface area (Å²) < 4.78 is 0. The van der Waals surface area contributed by atoms with Gasteiger partial charge < -0.3 is 5.73 Å². The van der Waals surface area contributed by atoms with Crippen LogP contribution in [0, 0.1) is 6.92 Å². The SMILES string of the molecule is Cc1cncc(CCC(N)CCCc2ccccc2)c1. The van der Waals surface area contributed by atoms with Gasteiger partial charge in [0.05, 0.1) is 0 Å². The molecule has 0 aliphatic carbocycles. The van der Waals surface area contributed by atoms with E-state index in [1.54, 1.807) is 0 Å². The zero-order chi connectivity index (χ0) is 14.2. The van der Waals surface area contributed by atoms with E-state index in [2.05, 4.69) is 48.3 Å². The van der Waals surface area contributed by atoms with Gasteiger partial charge in [0.25, 0.3) is 0 Å². The minimum Gasteiger partial charge on any atom is -0.328 e. The van der Waals surface area contributed by atoms with E-state index in [9.17, 15) is 0 Å². The molecule has 106 valence electrons. The predicted molar refractivity (Wildman–Crippen MR) is 84.7 cm³/mol. The van der Waals surface area contributed by atoms with Crippen molar-refractivity contribution in [2.75, 3.05) is 0 Å². The van der Waals surface area contributed by atoms with Crippen LogP contribution in [0.25, 0.3) is 0 Å². The Morgan fingerprint density at radius 1 is 1.00 bits per heavy atom. The lowest BCUT2D eigenvalue weighted by Gasteiger charge is -2.11. The highest BCUT2D eigenvalue weighted by Crippen LogP contribution is 2.10. The lowest BCUT2D eigenvalue weighted by Crippen LogP contribution is -2.20. The van der Waals surface area contributed by atoms with E-state index < -0.39 is 0 Å². The first-order valence-corrected chi connectivity index (χ1v) is 7.44. The molecule has 2 rings (SSSR count). The van der Waals surface area contributed by atoms with E-state index in [0.717, 1.165) is 32.1 Å². The van der Waals surface area contributed by atoms with E-state index in [4.69, 9.17) is 5.73 Å². The Morgan fingerprint density at radius 3 is 2.55 bits per heavy atom. The molecule has 0 aliphatic rings. The molecule has 20 heavy (non-hydrogen) atoms. The molecule has 1 aromatic heterocycles. The fourth-order valence-corrected chi connectivity index (χ4v) is 2.46. The Kier molecular flexibility index (Phi) is 5.75. The van der Waals surface area contributed by atoms with Crippen LogP contribution in [0.1, 0.15) is 36.0 Å². The number of pyridine rings is 1. The van der Waals surface area contributed by atoms with Gasteiger partial charge in [-0.2, -0.15) is 0 Å². The van der Waals surface area contributed by atoms with Gasteiger partial charge in [0.15, 0.2) is 0 Å². The van der Waals surface area contributed by atoms with E-state index in [1.807, 2.05) is 12.4 Å². The zero-order valence-corrected chi connectivity index (χ0v) is 12.3. The number of nitrogens with two attached hydrogens (primary N) is 1. The Bertz CT molecular complexity index is 508. The molecule has 0 fully saturated rings. The minimum atomic E-state index is 0.291. The first-order valence-electron chi connectivity index (χ1n) is 7.44. The summed E-state index contributed by atoms with van der Waals surface area (Å²) in [5, 5.41) is 0. The van der Waals surface area contributed by atoms with Gasteiger partial charge in [0.2, 0.25) is 0 Å². The number of nitrogens with zero attached hydrogens (tertiary/aromatic N) is 1. The number of hydrogen-bond acceptors (Lipinski definition) is 2. The summed E-state index contributed by atoms with van der Waals surface area (Å²) in [7, 11) is 0. The molecule has 1 heterocycles. The van der Waals surface area contributed by atoms with Gasteiger partial charge >= 0.3 is 0 Å². The highest BCUT2D eigenvalue weighted by Gasteiger charge is 2.04. The van der Waals surface area contributed by atoms with Crippen molar-refractivity contribution < 1.29 is 0 Å². The van der Waals surface area contributed by atoms with Gasteiger partial charge in [-0.3, -0.25) is 4.98 Å². The lowest BCUT2D eigenvalue weighted by atomic mass is 10.00. The molecule has 0 spiro atoms. The molecule has 0 saturated carbocycles. The Labute approximate surface area is 122 Å². The van der Waals surface area contributed by atoms with Crippen LogP contribution in [0.5, 0.6) is 0 Å². The molecule has 2 aromatic rings. The molecule has 1 aromatic carbocycles. The van der Waals surface area contributed by atoms with Crippen LogP contribution in [0.3, 0.4) is 0 Å². The lowest BCUT2D eigenvalue weighted by molar-refractivity contribution is 0.545. The van der Waals surface area contributed by atoms with E-state index >= 15 is 0 Å². The number of hydrogen-bond donors (Lipinski definition) is 1. The first kappa shape index (κ1) is 14.7. The molecule has 2 N–H and O–H groups in total. The average molecular weight is 268 g/mol. The summed E-state index contributed by atoms with van der Waals surface area (Å²) in [6, 6.07) is 13.1. The second-order valence-electron chi connectivity index (χ2n) is 5.55. The normalized spacial score (nSPS) is 12.3. The third-order valence-electron chi connectivity index (χ3n) is 3.62. The van der Waals surface area contributed by atoms with E-state index in [-0.39, 0.29) is 0 Å². The van der Waals surface area contributed by atoms with Gasteiger partial charge in [0.1, 0.15) is 0 Å². The van der Waals surface area contributed by atoms with E-state index in [0.29, 0.717) is 6.04 Å². The molecule has 0 bridgehead atoms. The maximum atomic E-state index is 6.20. The second-order valence-corrected chi connectivity index (χ2v) is 5.55. The highest BCUT2D eigenvalue weighted by molar-refractivity contribution is 5.17. The fourth-order valence-electron chi connectivity index (χ4n) is 2.46. The average Bonchev–Trinajstić information content (AvgIpc) is 2.46. The zero-order valence-electron chi connectivity index (χ0n) is 12.3. The molecule has 0 radical (unpaired) electrons. The monoisotopic (exact) mass is 268 g/mol. The first-order chi connectivity index (χ1) is 9.74. The highest BCUT2D eigenvalue weighted by atomic mass is 14.6. The summed E-state index contributed by atoms with van der Waals surface area (Å²) >= 11 is 0. The summed E-state index contributed by atoms with van der Waals surface area (Å²) in [4.78, 5) is 4.22. The van der Waals surface area contributed by atoms with Crippen LogP contribution < -0.4 is 5.73 Å². The quantitative estimate of drug-likeness (QED) is 0.832. The number of rotatable bonds is 7. The van der Waals surface area contributed by atoms with E-state index in [1.165, 1.54) is 16.7 Å². The predicted octanol–water partition coefficient (Wildman–Crippen LogP) is 3.67. The molecule has 1 unspecified atom stereocenters. The topological polar surface area (TPSA) is 38.9 Å². The molecule has 1 atom stereocenters. The van der Waals surface area contributed by atoms with Crippen LogP contribution >= 0.6 is 0 Å². The summed E-state index contributed by atoms with van der Waals surface area (Å²) in [6.07, 6.45) is 9.29. The molecular weight excluding hydrogens is 244 g/mol. The fraction of sp³-hybridized carbons (Fsp3) is 0.389. The van der Waals surface area contributed by atoms with Crippen molar-refractivity contribution in [2.45, 2.75) is 45.1 Å². The Balaban J connectivity index is 1.67. The minimum absolute atomic E-state index is 0.291. The standard InChI is InChI=1S/C18H24N2/c1-15-12-17(14-20-13-15)10-11-18(19)9-5-8-16-6-3-2-4-7-16/h2-4,6-7,12-14,18H,5,8-11,19H2,1H3. The van der Waals surface area contributed by atoms with Gasteiger partial charge in [-0.1, -0.05) is 36.4 Å². The summed E-state index contributed by atoms with van der Waals surface area (Å²) in [5.41, 5.74) is 10.1. The maximum Gasteiger partial charge on any atom is 0.0300 e. The smallest absolute Gasteiger partial charge is 0.0300 e. The largest absolute Gasteiger partial charge is 0.328 e. The Hall–Kier alpha value is -1.67. The van der Waals surface area contributed by atoms with Gasteiger partial charge in [-0.15, -0.1) is 0 Å². The van der Waals surface area contributed by atoms with Crippen molar-refractivity contribution in [3.8, 4) is 0 Å². The molecular formula is C18H24N2. The van der Waals surface area contributed by atoms with Crippen LogP contribution in [0.15, 0.2) is 48.8 Å². The number of benzene rings is 1. The van der Waals surface area contributed by atoms with Gasteiger partial charge in [0, 0.05) is 18.4 Å². The third kappa shape index (κ3) is 5.14. The second kappa shape index (κ2) is 7.81.